The van der Waals surface area contributed by atoms with Crippen LogP contribution in [0.3, 0.4) is 0 Å². The molecule has 5 nitrogen and oxygen atoms in total. The zero-order chi connectivity index (χ0) is 20.3. The van der Waals surface area contributed by atoms with E-state index in [0.29, 0.717) is 5.92 Å². The summed E-state index contributed by atoms with van der Waals surface area (Å²) in [6.45, 7) is 15.2. The molecule has 0 unspecified atom stereocenters. The molecule has 2 aromatic rings. The van der Waals surface area contributed by atoms with Gasteiger partial charge in [-0.15, -0.1) is 10.2 Å². The lowest BCUT2D eigenvalue weighted by Crippen LogP contribution is -2.44. The Kier molecular flexibility index (Phi) is 6.84. The second-order valence-corrected chi connectivity index (χ2v) is 10.1. The fourth-order valence-electron chi connectivity index (χ4n) is 3.54. The van der Waals surface area contributed by atoms with Crippen LogP contribution in [0, 0.1) is 5.92 Å². The van der Waals surface area contributed by atoms with Crippen molar-refractivity contribution in [3.8, 4) is 11.4 Å². The third-order valence-electron chi connectivity index (χ3n) is 5.09. The van der Waals surface area contributed by atoms with Gasteiger partial charge in [-0.05, 0) is 16.9 Å². The molecule has 0 bridgehead atoms. The lowest BCUT2D eigenvalue weighted by atomic mass is 9.87. The highest BCUT2D eigenvalue weighted by Crippen LogP contribution is 2.27. The normalized spacial score (nSPS) is 18.8. The zero-order valence-electron chi connectivity index (χ0n) is 18.1. The van der Waals surface area contributed by atoms with Crippen LogP contribution in [0.2, 0.25) is 0 Å². The van der Waals surface area contributed by atoms with Crippen molar-refractivity contribution in [2.24, 2.45) is 13.0 Å². The number of ether oxygens (including phenoxy) is 1. The Morgan fingerprint density at radius 1 is 1.18 bits per heavy atom. The number of morpholine rings is 1. The average Bonchev–Trinajstić information content (AvgIpc) is 3.00. The highest BCUT2D eigenvalue weighted by Gasteiger charge is 2.22. The highest BCUT2D eigenvalue weighted by atomic mass is 32.2. The Balaban J connectivity index is 1.62. The summed E-state index contributed by atoms with van der Waals surface area (Å²) in [5.41, 5.74) is 2.59. The minimum Gasteiger partial charge on any atom is -0.375 e. The predicted molar refractivity (Wildman–Crippen MR) is 117 cm³/mol. The molecule has 1 aromatic heterocycles. The van der Waals surface area contributed by atoms with Gasteiger partial charge in [-0.2, -0.15) is 0 Å². The lowest BCUT2D eigenvalue weighted by Gasteiger charge is -2.33. The summed E-state index contributed by atoms with van der Waals surface area (Å²) >= 11 is 1.74. The van der Waals surface area contributed by atoms with Crippen molar-refractivity contribution in [2.75, 3.05) is 32.0 Å². The van der Waals surface area contributed by atoms with Crippen molar-refractivity contribution in [2.45, 2.75) is 51.3 Å². The van der Waals surface area contributed by atoms with Crippen molar-refractivity contribution >= 4 is 11.8 Å². The third-order valence-corrected chi connectivity index (χ3v) is 6.24. The highest BCUT2D eigenvalue weighted by molar-refractivity contribution is 7.99. The molecule has 28 heavy (non-hydrogen) atoms. The maximum atomic E-state index is 5.97. The zero-order valence-corrected chi connectivity index (χ0v) is 18.9. The molecule has 154 valence electrons. The Morgan fingerprint density at radius 2 is 1.89 bits per heavy atom. The van der Waals surface area contributed by atoms with E-state index >= 15 is 0 Å². The number of aromatic nitrogens is 3. The fraction of sp³-hybridized carbons (Fsp3) is 0.636. The summed E-state index contributed by atoms with van der Waals surface area (Å²) in [6, 6.07) is 8.67. The Morgan fingerprint density at radius 3 is 2.54 bits per heavy atom. The molecule has 2 heterocycles. The first-order valence-electron chi connectivity index (χ1n) is 10.2. The Hall–Kier alpha value is -1.37. The number of benzene rings is 1. The standard InChI is InChI=1S/C22H34N4OS/c1-16(2)13-26-11-12-27-19(14-26)15-28-21-24-23-20(25(21)6)17-7-9-18(10-8-17)22(3,4)5/h7-10,16,19H,11-15H2,1-6H3/t19-/m1/s1. The Labute approximate surface area is 173 Å². The van der Waals surface area contributed by atoms with Gasteiger partial charge in [0.15, 0.2) is 11.0 Å². The van der Waals surface area contributed by atoms with Crippen LogP contribution in [0.5, 0.6) is 0 Å². The van der Waals surface area contributed by atoms with E-state index in [-0.39, 0.29) is 11.5 Å². The molecule has 6 heteroatoms. The molecule has 1 aliphatic heterocycles. The Bertz CT molecular complexity index is 764. The first-order chi connectivity index (χ1) is 13.2. The van der Waals surface area contributed by atoms with E-state index in [9.17, 15) is 0 Å². The van der Waals surface area contributed by atoms with Crippen molar-refractivity contribution in [3.05, 3.63) is 29.8 Å². The van der Waals surface area contributed by atoms with Crippen LogP contribution in [0.1, 0.15) is 40.2 Å². The average molecular weight is 403 g/mol. The molecule has 1 aromatic carbocycles. The fourth-order valence-corrected chi connectivity index (χ4v) is 4.46. The smallest absolute Gasteiger partial charge is 0.191 e. The molecule has 0 spiro atoms. The predicted octanol–water partition coefficient (Wildman–Crippen LogP) is 4.23. The van der Waals surface area contributed by atoms with E-state index in [0.717, 1.165) is 48.5 Å². The number of hydrogen-bond acceptors (Lipinski definition) is 5. The molecule has 0 saturated carbocycles. The molecule has 0 aliphatic carbocycles. The summed E-state index contributed by atoms with van der Waals surface area (Å²) in [5, 5.41) is 9.80. The van der Waals surface area contributed by atoms with Crippen LogP contribution in [0.15, 0.2) is 29.4 Å². The molecule has 0 N–H and O–H groups in total. The van der Waals surface area contributed by atoms with Gasteiger partial charge in [0.05, 0.1) is 12.7 Å². The monoisotopic (exact) mass is 402 g/mol. The van der Waals surface area contributed by atoms with Crippen molar-refractivity contribution in [1.29, 1.82) is 0 Å². The van der Waals surface area contributed by atoms with Crippen LogP contribution in [-0.2, 0) is 17.2 Å². The minimum atomic E-state index is 0.156. The van der Waals surface area contributed by atoms with Crippen LogP contribution < -0.4 is 0 Å². The van der Waals surface area contributed by atoms with Gasteiger partial charge in [-0.3, -0.25) is 4.90 Å². The molecule has 1 aliphatic rings. The number of nitrogens with zero attached hydrogens (tertiary/aromatic N) is 4. The second kappa shape index (κ2) is 8.97. The first kappa shape index (κ1) is 21.3. The van der Waals surface area contributed by atoms with Gasteiger partial charge in [-0.1, -0.05) is 70.6 Å². The molecule has 0 radical (unpaired) electrons. The van der Waals surface area contributed by atoms with E-state index < -0.39 is 0 Å². The van der Waals surface area contributed by atoms with E-state index in [1.165, 1.54) is 5.56 Å². The maximum absolute atomic E-state index is 5.97. The molecular formula is C22H34N4OS. The van der Waals surface area contributed by atoms with E-state index in [1.54, 1.807) is 11.8 Å². The van der Waals surface area contributed by atoms with Crippen LogP contribution >= 0.6 is 11.8 Å². The van der Waals surface area contributed by atoms with E-state index in [4.69, 9.17) is 4.74 Å². The molecule has 3 rings (SSSR count). The summed E-state index contributed by atoms with van der Waals surface area (Å²) in [7, 11) is 2.04. The quantitative estimate of drug-likeness (QED) is 0.677. The van der Waals surface area contributed by atoms with Crippen LogP contribution in [0.25, 0.3) is 11.4 Å². The SMILES string of the molecule is CC(C)CN1CCO[C@@H](CSc2nnc(-c3ccc(C(C)(C)C)cc3)n2C)C1. The van der Waals surface area contributed by atoms with Gasteiger partial charge in [0.25, 0.3) is 0 Å². The number of thioether (sulfide) groups is 1. The van der Waals surface area contributed by atoms with Gasteiger partial charge in [0.1, 0.15) is 0 Å². The first-order valence-corrected chi connectivity index (χ1v) is 11.2. The summed E-state index contributed by atoms with van der Waals surface area (Å²) < 4.78 is 8.06. The van der Waals surface area contributed by atoms with Gasteiger partial charge in [0, 0.05) is 38.0 Å². The van der Waals surface area contributed by atoms with Gasteiger partial charge >= 0.3 is 0 Å². The van der Waals surface area contributed by atoms with Crippen LogP contribution in [-0.4, -0.2) is 57.8 Å². The van der Waals surface area contributed by atoms with Crippen LogP contribution in [0.4, 0.5) is 0 Å². The lowest BCUT2D eigenvalue weighted by molar-refractivity contribution is -0.0191. The van der Waals surface area contributed by atoms with E-state index in [2.05, 4.69) is 78.5 Å². The van der Waals surface area contributed by atoms with E-state index in [1.807, 2.05) is 7.05 Å². The number of hydrogen-bond donors (Lipinski definition) is 0. The van der Waals surface area contributed by atoms with Crippen molar-refractivity contribution < 1.29 is 4.74 Å². The maximum Gasteiger partial charge on any atom is 0.191 e. The second-order valence-electron chi connectivity index (χ2n) is 9.15. The minimum absolute atomic E-state index is 0.156. The van der Waals surface area contributed by atoms with Gasteiger partial charge in [0.2, 0.25) is 0 Å². The topological polar surface area (TPSA) is 43.2 Å². The molecule has 1 atom stereocenters. The largest absolute Gasteiger partial charge is 0.375 e. The number of rotatable bonds is 6. The molecular weight excluding hydrogens is 368 g/mol. The summed E-state index contributed by atoms with van der Waals surface area (Å²) in [4.78, 5) is 2.51. The summed E-state index contributed by atoms with van der Waals surface area (Å²) in [6.07, 6.45) is 0.253. The van der Waals surface area contributed by atoms with Crippen molar-refractivity contribution in [1.82, 2.24) is 19.7 Å². The molecule has 0 amide bonds. The van der Waals surface area contributed by atoms with Crippen molar-refractivity contribution in [3.63, 3.8) is 0 Å². The van der Waals surface area contributed by atoms with Gasteiger partial charge in [-0.25, -0.2) is 0 Å². The third kappa shape index (κ3) is 5.37. The molecule has 1 fully saturated rings. The summed E-state index contributed by atoms with van der Waals surface area (Å²) in [5.74, 6) is 2.51. The molecule has 1 saturated heterocycles. The van der Waals surface area contributed by atoms with Gasteiger partial charge < -0.3 is 9.30 Å².